The van der Waals surface area contributed by atoms with Crippen molar-refractivity contribution < 1.29 is 9.53 Å². The maximum absolute atomic E-state index is 11.5. The Morgan fingerprint density at radius 3 is 2.44 bits per heavy atom. The van der Waals surface area contributed by atoms with E-state index in [0.717, 1.165) is 6.42 Å². The second-order valence-electron chi connectivity index (χ2n) is 5.02. The van der Waals surface area contributed by atoms with Crippen LogP contribution in [0.25, 0.3) is 0 Å². The Bertz CT molecular complexity index is 263. The molecule has 1 N–H and O–H groups in total. The van der Waals surface area contributed by atoms with Crippen LogP contribution in [0.1, 0.15) is 47.5 Å². The van der Waals surface area contributed by atoms with Crippen molar-refractivity contribution in [2.45, 2.75) is 59.1 Å². The fourth-order valence-electron chi connectivity index (χ4n) is 1.28. The summed E-state index contributed by atoms with van der Waals surface area (Å²) < 4.78 is 5.15. The lowest BCUT2D eigenvalue weighted by atomic mass is 10.0. The highest BCUT2D eigenvalue weighted by Crippen LogP contribution is 2.10. The first kappa shape index (κ1) is 14.8. The molecule has 0 bridgehead atoms. The third kappa shape index (κ3) is 7.10. The summed E-state index contributed by atoms with van der Waals surface area (Å²) in [5, 5.41) is 11.5. The van der Waals surface area contributed by atoms with Gasteiger partial charge in [-0.2, -0.15) is 5.26 Å². The van der Waals surface area contributed by atoms with Gasteiger partial charge in [-0.3, -0.25) is 0 Å². The number of ether oxygens (including phenoxy) is 1. The van der Waals surface area contributed by atoms with E-state index in [1.807, 2.05) is 34.6 Å². The van der Waals surface area contributed by atoms with Crippen LogP contribution < -0.4 is 5.32 Å². The predicted molar refractivity (Wildman–Crippen MR) is 62.8 cm³/mol. The minimum absolute atomic E-state index is 0.00417. The topological polar surface area (TPSA) is 62.1 Å². The third-order valence-electron chi connectivity index (χ3n) is 2.07. The van der Waals surface area contributed by atoms with Crippen LogP contribution in [0.5, 0.6) is 0 Å². The van der Waals surface area contributed by atoms with E-state index < -0.39 is 11.7 Å². The zero-order valence-corrected chi connectivity index (χ0v) is 10.8. The molecule has 0 aromatic rings. The van der Waals surface area contributed by atoms with E-state index in [4.69, 9.17) is 10.00 Å². The third-order valence-corrected chi connectivity index (χ3v) is 2.07. The Hall–Kier alpha value is -1.24. The van der Waals surface area contributed by atoms with Crippen molar-refractivity contribution in [1.29, 1.82) is 5.26 Å². The lowest BCUT2D eigenvalue weighted by Crippen LogP contribution is -2.39. The number of amides is 1. The zero-order chi connectivity index (χ0) is 12.8. The van der Waals surface area contributed by atoms with Crippen molar-refractivity contribution in [1.82, 2.24) is 5.32 Å². The average molecular weight is 226 g/mol. The van der Waals surface area contributed by atoms with Crippen LogP contribution >= 0.6 is 0 Å². The molecule has 16 heavy (non-hydrogen) atoms. The number of carbonyl (C=O) groups is 1. The molecule has 0 unspecified atom stereocenters. The maximum atomic E-state index is 11.5. The molecule has 0 aliphatic heterocycles. The number of nitrogens with one attached hydrogen (secondary N) is 1. The molecule has 0 aliphatic carbocycles. The van der Waals surface area contributed by atoms with Crippen molar-refractivity contribution in [3.63, 3.8) is 0 Å². The Balaban J connectivity index is 4.13. The molecule has 1 amide bonds. The van der Waals surface area contributed by atoms with E-state index in [9.17, 15) is 4.79 Å². The molecule has 0 aliphatic rings. The van der Waals surface area contributed by atoms with E-state index in [2.05, 4.69) is 11.4 Å². The zero-order valence-electron chi connectivity index (χ0n) is 10.8. The highest BCUT2D eigenvalue weighted by Gasteiger charge is 2.19. The summed E-state index contributed by atoms with van der Waals surface area (Å²) in [5.41, 5.74) is -0.483. The molecule has 4 heteroatoms. The van der Waals surface area contributed by atoms with Crippen molar-refractivity contribution >= 4 is 6.09 Å². The van der Waals surface area contributed by atoms with E-state index >= 15 is 0 Å². The number of alkyl carbamates (subject to hydrolysis) is 1. The smallest absolute Gasteiger partial charge is 0.407 e. The molecule has 0 fully saturated rings. The number of hydrogen-bond acceptors (Lipinski definition) is 3. The van der Waals surface area contributed by atoms with Gasteiger partial charge < -0.3 is 10.1 Å². The molecule has 0 saturated heterocycles. The minimum atomic E-state index is -0.483. The molecule has 0 aromatic heterocycles. The van der Waals surface area contributed by atoms with Gasteiger partial charge in [0.15, 0.2) is 0 Å². The van der Waals surface area contributed by atoms with Crippen LogP contribution in [-0.2, 0) is 4.74 Å². The number of nitriles is 1. The number of carbonyl (C=O) groups excluding carboxylic acids is 1. The van der Waals surface area contributed by atoms with Gasteiger partial charge in [0.1, 0.15) is 5.60 Å². The van der Waals surface area contributed by atoms with E-state index in [-0.39, 0.29) is 12.0 Å². The summed E-state index contributed by atoms with van der Waals surface area (Å²) in [6, 6.07) is 2.16. The Labute approximate surface area is 98.0 Å². The van der Waals surface area contributed by atoms with Crippen LogP contribution in [0, 0.1) is 17.2 Å². The van der Waals surface area contributed by atoms with Gasteiger partial charge >= 0.3 is 6.09 Å². The van der Waals surface area contributed by atoms with Crippen LogP contribution in [0.3, 0.4) is 0 Å². The Morgan fingerprint density at radius 1 is 1.50 bits per heavy atom. The van der Waals surface area contributed by atoms with Gasteiger partial charge in [0, 0.05) is 12.0 Å². The fourth-order valence-corrected chi connectivity index (χ4v) is 1.28. The van der Waals surface area contributed by atoms with Crippen molar-refractivity contribution in [2.75, 3.05) is 0 Å². The molecule has 0 spiro atoms. The molecule has 92 valence electrons. The average Bonchev–Trinajstić information content (AvgIpc) is 2.13. The highest BCUT2D eigenvalue weighted by atomic mass is 16.6. The van der Waals surface area contributed by atoms with Crippen molar-refractivity contribution in [3.05, 3.63) is 0 Å². The standard InChI is InChI=1S/C12H22N2O2/c1-6-10(7-9(2)8-13)14-11(15)16-12(3,4)5/h9-10H,6-7H2,1-5H3,(H,14,15)/t9-,10-/m0/s1. The van der Waals surface area contributed by atoms with E-state index in [1.54, 1.807) is 0 Å². The number of rotatable bonds is 4. The summed E-state index contributed by atoms with van der Waals surface area (Å²) in [5.74, 6) is -0.0557. The highest BCUT2D eigenvalue weighted by molar-refractivity contribution is 5.68. The molecule has 0 heterocycles. The lowest BCUT2D eigenvalue weighted by molar-refractivity contribution is 0.0498. The molecule has 0 saturated carbocycles. The monoisotopic (exact) mass is 226 g/mol. The van der Waals surface area contributed by atoms with Gasteiger partial charge in [-0.1, -0.05) is 6.92 Å². The quantitative estimate of drug-likeness (QED) is 0.801. The Morgan fingerprint density at radius 2 is 2.06 bits per heavy atom. The van der Waals surface area contributed by atoms with E-state index in [1.165, 1.54) is 0 Å². The van der Waals surface area contributed by atoms with Crippen LogP contribution in [0.15, 0.2) is 0 Å². The van der Waals surface area contributed by atoms with Gasteiger partial charge in [-0.15, -0.1) is 0 Å². The summed E-state index contributed by atoms with van der Waals surface area (Å²) in [4.78, 5) is 11.5. The second kappa shape index (κ2) is 6.37. The number of nitrogens with zero attached hydrogens (tertiary/aromatic N) is 1. The Kier molecular flexibility index (Phi) is 5.87. The van der Waals surface area contributed by atoms with Gasteiger partial charge in [0.2, 0.25) is 0 Å². The molecular formula is C12H22N2O2. The van der Waals surface area contributed by atoms with Crippen LogP contribution in [0.2, 0.25) is 0 Å². The first-order chi connectivity index (χ1) is 7.28. The summed E-state index contributed by atoms with van der Waals surface area (Å²) in [6.45, 7) is 9.30. The summed E-state index contributed by atoms with van der Waals surface area (Å²) >= 11 is 0. The molecule has 4 nitrogen and oxygen atoms in total. The molecule has 0 radical (unpaired) electrons. The van der Waals surface area contributed by atoms with Gasteiger partial charge in [-0.25, -0.2) is 4.79 Å². The van der Waals surface area contributed by atoms with Gasteiger partial charge in [0.05, 0.1) is 6.07 Å². The summed E-state index contributed by atoms with van der Waals surface area (Å²) in [7, 11) is 0. The van der Waals surface area contributed by atoms with Crippen molar-refractivity contribution in [3.8, 4) is 6.07 Å². The molecule has 0 rings (SSSR count). The van der Waals surface area contributed by atoms with Crippen molar-refractivity contribution in [2.24, 2.45) is 5.92 Å². The molecule has 0 aromatic carbocycles. The van der Waals surface area contributed by atoms with Crippen LogP contribution in [-0.4, -0.2) is 17.7 Å². The predicted octanol–water partition coefficient (Wildman–Crippen LogP) is 2.84. The van der Waals surface area contributed by atoms with Gasteiger partial charge in [0.25, 0.3) is 0 Å². The number of hydrogen-bond donors (Lipinski definition) is 1. The lowest BCUT2D eigenvalue weighted by Gasteiger charge is -2.23. The fraction of sp³-hybridized carbons (Fsp3) is 0.833. The molecular weight excluding hydrogens is 204 g/mol. The SMILES string of the molecule is CC[C@@H](C[C@H](C)C#N)NC(=O)OC(C)(C)C. The van der Waals surface area contributed by atoms with Crippen LogP contribution in [0.4, 0.5) is 4.79 Å². The maximum Gasteiger partial charge on any atom is 0.407 e. The first-order valence-corrected chi connectivity index (χ1v) is 5.67. The van der Waals surface area contributed by atoms with E-state index in [0.29, 0.717) is 6.42 Å². The summed E-state index contributed by atoms with van der Waals surface area (Å²) in [6.07, 6.45) is 1.04. The first-order valence-electron chi connectivity index (χ1n) is 5.67. The second-order valence-corrected chi connectivity index (χ2v) is 5.02. The largest absolute Gasteiger partial charge is 0.444 e. The minimum Gasteiger partial charge on any atom is -0.444 e. The normalized spacial score (nSPS) is 14.8. The van der Waals surface area contributed by atoms with Gasteiger partial charge in [-0.05, 0) is 40.5 Å². The molecule has 2 atom stereocenters.